The fourth-order valence-corrected chi connectivity index (χ4v) is 8.98. The first kappa shape index (κ1) is 32.6. The molecule has 214 valence electrons. The average molecular weight is 521 g/mol. The van der Waals surface area contributed by atoms with Crippen molar-refractivity contribution in [2.24, 2.45) is 39.4 Å². The van der Waals surface area contributed by atoms with Gasteiger partial charge >= 0.3 is 0 Å². The van der Waals surface area contributed by atoms with Gasteiger partial charge in [-0.3, -0.25) is 0 Å². The van der Waals surface area contributed by atoms with Gasteiger partial charge in [-0.15, -0.1) is 6.58 Å². The van der Waals surface area contributed by atoms with E-state index in [1.807, 2.05) is 13.0 Å². The van der Waals surface area contributed by atoms with Crippen LogP contribution in [0, 0.1) is 50.7 Å². The van der Waals surface area contributed by atoms with Crippen molar-refractivity contribution in [3.8, 4) is 6.07 Å². The molecule has 2 nitrogen and oxygen atoms in total. The molecule has 2 saturated carbocycles. The lowest BCUT2D eigenvalue weighted by Crippen LogP contribution is -2.54. The molecule has 0 aromatic heterocycles. The van der Waals surface area contributed by atoms with Gasteiger partial charge in [-0.05, 0) is 99.3 Å². The molecule has 2 fully saturated rings. The Bertz CT molecular complexity index is 943. The minimum absolute atomic E-state index is 0.0344. The molecule has 0 heterocycles. The molecule has 6 unspecified atom stereocenters. The largest absolute Gasteiger partial charge is 0.314 e. The summed E-state index contributed by atoms with van der Waals surface area (Å²) in [6.07, 6.45) is 19.8. The second-order valence-electron chi connectivity index (χ2n) is 14.8. The fraction of sp³-hybridized carbons (Fsp3) is 0.750. The maximum atomic E-state index is 9.80. The highest BCUT2D eigenvalue weighted by atomic mass is 14.9. The molecule has 0 aromatic rings. The van der Waals surface area contributed by atoms with E-state index in [4.69, 9.17) is 0 Å². The van der Waals surface area contributed by atoms with Crippen LogP contribution in [0.2, 0.25) is 0 Å². The Morgan fingerprint density at radius 1 is 1.13 bits per heavy atom. The van der Waals surface area contributed by atoms with Gasteiger partial charge in [-0.2, -0.15) is 5.26 Å². The van der Waals surface area contributed by atoms with Crippen molar-refractivity contribution >= 4 is 0 Å². The lowest BCUT2D eigenvalue weighted by Gasteiger charge is -2.60. The zero-order valence-corrected chi connectivity index (χ0v) is 26.8. The van der Waals surface area contributed by atoms with Crippen LogP contribution in [-0.2, 0) is 0 Å². The third-order valence-electron chi connectivity index (χ3n) is 11.2. The van der Waals surface area contributed by atoms with Crippen molar-refractivity contribution in [1.29, 1.82) is 5.26 Å². The Morgan fingerprint density at radius 3 is 2.29 bits per heavy atom. The number of nitrogens with zero attached hydrogens (tertiary/aromatic N) is 1. The van der Waals surface area contributed by atoms with Gasteiger partial charge in [0.1, 0.15) is 0 Å². The van der Waals surface area contributed by atoms with E-state index in [0.717, 1.165) is 12.0 Å². The molecule has 6 atom stereocenters. The summed E-state index contributed by atoms with van der Waals surface area (Å²) < 4.78 is 0. The second-order valence-corrected chi connectivity index (χ2v) is 14.8. The monoisotopic (exact) mass is 520 g/mol. The van der Waals surface area contributed by atoms with Crippen LogP contribution in [0.5, 0.6) is 0 Å². The van der Waals surface area contributed by atoms with Crippen molar-refractivity contribution in [3.05, 3.63) is 48.6 Å². The standard InChI is InChI=1S/C36H60N2/c1-13-16-31-34(10,20-18-30(33(8,9)15-3)35(31,11)24-27(4)26-37)29-17-21-36(38-12,25-28(29)5)23-22-32(6,7)19-14-2/h13,15-16,24,28-30,38H,1,3,14,17-23,25H2,2,4-12H3/b27-24+,31-16+. The van der Waals surface area contributed by atoms with Crippen molar-refractivity contribution in [3.63, 3.8) is 0 Å². The molecule has 2 aliphatic rings. The van der Waals surface area contributed by atoms with Crippen molar-refractivity contribution in [2.75, 3.05) is 7.05 Å². The summed E-state index contributed by atoms with van der Waals surface area (Å²) >= 11 is 0. The molecule has 1 N–H and O–H groups in total. The first-order valence-electron chi connectivity index (χ1n) is 15.4. The Labute approximate surface area is 237 Å². The number of nitriles is 1. The first-order valence-corrected chi connectivity index (χ1v) is 15.4. The van der Waals surface area contributed by atoms with Gasteiger partial charge in [-0.25, -0.2) is 0 Å². The molecular formula is C36H60N2. The summed E-state index contributed by atoms with van der Waals surface area (Å²) in [5.41, 5.74) is 2.74. The van der Waals surface area contributed by atoms with Crippen LogP contribution < -0.4 is 5.32 Å². The summed E-state index contributed by atoms with van der Waals surface area (Å²) in [4.78, 5) is 0. The molecule has 0 spiro atoms. The Balaban J connectivity index is 2.49. The van der Waals surface area contributed by atoms with Crippen LogP contribution in [-0.4, -0.2) is 12.6 Å². The highest BCUT2D eigenvalue weighted by molar-refractivity contribution is 5.39. The highest BCUT2D eigenvalue weighted by Crippen LogP contribution is 2.64. The van der Waals surface area contributed by atoms with Crippen LogP contribution in [0.4, 0.5) is 0 Å². The third-order valence-corrected chi connectivity index (χ3v) is 11.2. The minimum Gasteiger partial charge on any atom is -0.314 e. The molecule has 0 amide bonds. The summed E-state index contributed by atoms with van der Waals surface area (Å²) in [7, 11) is 2.19. The maximum Gasteiger partial charge on any atom is 0.0941 e. The van der Waals surface area contributed by atoms with Gasteiger partial charge < -0.3 is 5.32 Å². The molecular weight excluding hydrogens is 460 g/mol. The van der Waals surface area contributed by atoms with Crippen molar-refractivity contribution in [2.45, 2.75) is 126 Å². The lowest BCUT2D eigenvalue weighted by atomic mass is 9.45. The molecule has 2 rings (SSSR count). The summed E-state index contributed by atoms with van der Waals surface area (Å²) in [6, 6.07) is 2.43. The van der Waals surface area contributed by atoms with Crippen molar-refractivity contribution in [1.82, 2.24) is 5.32 Å². The van der Waals surface area contributed by atoms with Crippen LogP contribution in [0.15, 0.2) is 48.6 Å². The van der Waals surface area contributed by atoms with Crippen molar-refractivity contribution < 1.29 is 0 Å². The minimum atomic E-state index is -0.222. The zero-order valence-electron chi connectivity index (χ0n) is 26.8. The van der Waals surface area contributed by atoms with Crippen LogP contribution >= 0.6 is 0 Å². The molecule has 2 heteroatoms. The van der Waals surface area contributed by atoms with Crippen LogP contribution in [0.25, 0.3) is 0 Å². The normalized spacial score (nSPS) is 36.1. The second kappa shape index (κ2) is 12.3. The smallest absolute Gasteiger partial charge is 0.0941 e. The summed E-state index contributed by atoms with van der Waals surface area (Å²) in [6.45, 7) is 29.6. The summed E-state index contributed by atoms with van der Waals surface area (Å²) in [5, 5.41) is 13.6. The molecule has 0 aromatic carbocycles. The number of hydrogen-bond acceptors (Lipinski definition) is 2. The molecule has 38 heavy (non-hydrogen) atoms. The predicted molar refractivity (Wildman–Crippen MR) is 167 cm³/mol. The number of allylic oxidation sites excluding steroid dienone is 6. The maximum absolute atomic E-state index is 9.80. The van der Waals surface area contributed by atoms with E-state index in [1.165, 1.54) is 56.9 Å². The molecule has 0 saturated heterocycles. The van der Waals surface area contributed by atoms with Gasteiger partial charge in [-0.1, -0.05) is 98.3 Å². The predicted octanol–water partition coefficient (Wildman–Crippen LogP) is 10.2. The Hall–Kier alpha value is -1.59. The van der Waals surface area contributed by atoms with Gasteiger partial charge in [0.25, 0.3) is 0 Å². The first-order chi connectivity index (χ1) is 17.6. The van der Waals surface area contributed by atoms with E-state index < -0.39 is 0 Å². The van der Waals surface area contributed by atoms with Crippen LogP contribution in [0.1, 0.15) is 120 Å². The van der Waals surface area contributed by atoms with Gasteiger partial charge in [0.05, 0.1) is 6.07 Å². The quantitative estimate of drug-likeness (QED) is 0.217. The van der Waals surface area contributed by atoms with Crippen LogP contribution in [0.3, 0.4) is 0 Å². The Kier molecular flexibility index (Phi) is 10.5. The zero-order chi connectivity index (χ0) is 29.0. The molecule has 0 bridgehead atoms. The van der Waals surface area contributed by atoms with E-state index in [9.17, 15) is 5.26 Å². The van der Waals surface area contributed by atoms with Gasteiger partial charge in [0.2, 0.25) is 0 Å². The third kappa shape index (κ3) is 6.58. The van der Waals surface area contributed by atoms with Gasteiger partial charge in [0, 0.05) is 16.5 Å². The SMILES string of the molecule is C=C/C=C1/C(C)(/C=C(\C)C#N)C(C(C)(C)C=C)CCC1(C)C1CCC(CCC(C)(C)CCC)(NC)CC1C. The average Bonchev–Trinajstić information content (AvgIpc) is 2.85. The lowest BCUT2D eigenvalue weighted by molar-refractivity contribution is -0.00529. The number of hydrogen-bond donors (Lipinski definition) is 1. The summed E-state index contributed by atoms with van der Waals surface area (Å²) in [5.74, 6) is 1.62. The number of rotatable bonds is 11. The van der Waals surface area contributed by atoms with E-state index in [0.29, 0.717) is 23.2 Å². The topological polar surface area (TPSA) is 35.8 Å². The van der Waals surface area contributed by atoms with Gasteiger partial charge in [0.15, 0.2) is 0 Å². The molecule has 2 aliphatic carbocycles. The van der Waals surface area contributed by atoms with E-state index in [2.05, 4.69) is 105 Å². The Morgan fingerprint density at radius 2 is 1.79 bits per heavy atom. The fourth-order valence-electron chi connectivity index (χ4n) is 8.98. The van der Waals surface area contributed by atoms with E-state index in [-0.39, 0.29) is 21.8 Å². The highest BCUT2D eigenvalue weighted by Gasteiger charge is 2.56. The van der Waals surface area contributed by atoms with E-state index >= 15 is 0 Å². The van der Waals surface area contributed by atoms with E-state index in [1.54, 1.807) is 0 Å². The number of nitrogens with one attached hydrogen (secondary N) is 1. The molecule has 0 aliphatic heterocycles. The molecule has 0 radical (unpaired) electrons.